The number of piperidine rings is 1. The fraction of sp³-hybridized carbons (Fsp3) is 0.692. The first-order valence-corrected chi connectivity index (χ1v) is 6.56. The lowest BCUT2D eigenvalue weighted by Crippen LogP contribution is -2.54. The number of carboxylic acid groups (broad SMARTS) is 1. The van der Waals surface area contributed by atoms with Crippen LogP contribution in [0.5, 0.6) is 0 Å². The number of aryl methyl sites for hydroxylation is 1. The van der Waals surface area contributed by atoms with Crippen LogP contribution in [0.25, 0.3) is 0 Å². The summed E-state index contributed by atoms with van der Waals surface area (Å²) in [6, 6.07) is 0. The van der Waals surface area contributed by atoms with E-state index in [4.69, 9.17) is 0 Å². The first-order chi connectivity index (χ1) is 8.58. The van der Waals surface area contributed by atoms with Crippen molar-refractivity contribution in [2.45, 2.75) is 51.7 Å². The van der Waals surface area contributed by atoms with Gasteiger partial charge in [0.25, 0.3) is 0 Å². The lowest BCUT2D eigenvalue weighted by atomic mass is 9.88. The molecule has 18 heavy (non-hydrogen) atoms. The van der Waals surface area contributed by atoms with Crippen LogP contribution in [0.1, 0.15) is 38.9 Å². The van der Waals surface area contributed by atoms with E-state index in [2.05, 4.69) is 16.5 Å². The number of carbonyl (C=O) groups is 1. The maximum Gasteiger partial charge on any atom is 0.323 e. The van der Waals surface area contributed by atoms with Crippen LogP contribution in [0.2, 0.25) is 0 Å². The van der Waals surface area contributed by atoms with Gasteiger partial charge in [-0.25, -0.2) is 4.98 Å². The molecule has 1 N–H and O–H groups in total. The number of imidazole rings is 1. The van der Waals surface area contributed by atoms with Gasteiger partial charge < -0.3 is 9.67 Å². The maximum atomic E-state index is 11.5. The Balaban J connectivity index is 2.18. The zero-order chi connectivity index (χ0) is 13.2. The zero-order valence-corrected chi connectivity index (χ0v) is 11.1. The number of aromatic nitrogens is 2. The molecule has 0 aromatic carbocycles. The molecule has 1 aromatic rings. The molecule has 1 aliphatic rings. The Hall–Kier alpha value is -1.36. The van der Waals surface area contributed by atoms with Crippen LogP contribution in [-0.4, -0.2) is 37.6 Å². The molecule has 0 radical (unpaired) electrons. The molecule has 1 unspecified atom stereocenters. The van der Waals surface area contributed by atoms with Crippen LogP contribution in [0.3, 0.4) is 0 Å². The molecule has 1 saturated heterocycles. The standard InChI is InChI=1S/C13H21N3O2/c1-3-15-9-7-14-11(15)10-16-8-5-4-6-13(16,2)12(17)18/h7,9H,3-6,8,10H2,1-2H3,(H,17,18). The van der Waals surface area contributed by atoms with Gasteiger partial charge in [-0.2, -0.15) is 0 Å². The molecule has 1 aromatic heterocycles. The van der Waals surface area contributed by atoms with Crippen molar-refractivity contribution in [2.75, 3.05) is 6.54 Å². The van der Waals surface area contributed by atoms with E-state index >= 15 is 0 Å². The second-order valence-corrected chi connectivity index (χ2v) is 5.09. The number of likely N-dealkylation sites (tertiary alicyclic amines) is 1. The molecule has 0 spiro atoms. The van der Waals surface area contributed by atoms with Crippen molar-refractivity contribution in [3.8, 4) is 0 Å². The lowest BCUT2D eigenvalue weighted by molar-refractivity contribution is -0.153. The molecule has 0 saturated carbocycles. The SMILES string of the molecule is CCn1ccnc1CN1CCCCC1(C)C(=O)O. The van der Waals surface area contributed by atoms with Crippen molar-refractivity contribution in [1.29, 1.82) is 0 Å². The van der Waals surface area contributed by atoms with E-state index in [9.17, 15) is 9.90 Å². The average Bonchev–Trinajstić information content (AvgIpc) is 2.79. The largest absolute Gasteiger partial charge is 0.480 e. The van der Waals surface area contributed by atoms with E-state index in [1.807, 2.05) is 18.0 Å². The summed E-state index contributed by atoms with van der Waals surface area (Å²) >= 11 is 0. The van der Waals surface area contributed by atoms with Gasteiger partial charge >= 0.3 is 5.97 Å². The lowest BCUT2D eigenvalue weighted by Gasteiger charge is -2.41. The van der Waals surface area contributed by atoms with E-state index in [0.717, 1.165) is 38.2 Å². The van der Waals surface area contributed by atoms with Crippen LogP contribution in [0.15, 0.2) is 12.4 Å². The fourth-order valence-corrected chi connectivity index (χ4v) is 2.62. The number of hydrogen-bond acceptors (Lipinski definition) is 3. The van der Waals surface area contributed by atoms with Crippen molar-refractivity contribution in [1.82, 2.24) is 14.5 Å². The summed E-state index contributed by atoms with van der Waals surface area (Å²) in [5, 5.41) is 9.45. The topological polar surface area (TPSA) is 58.4 Å². The highest BCUT2D eigenvalue weighted by molar-refractivity contribution is 5.78. The maximum absolute atomic E-state index is 11.5. The Labute approximate surface area is 107 Å². The fourth-order valence-electron chi connectivity index (χ4n) is 2.62. The van der Waals surface area contributed by atoms with Crippen molar-refractivity contribution in [3.63, 3.8) is 0 Å². The minimum Gasteiger partial charge on any atom is -0.480 e. The van der Waals surface area contributed by atoms with Gasteiger partial charge in [-0.1, -0.05) is 0 Å². The third kappa shape index (κ3) is 2.27. The van der Waals surface area contributed by atoms with Crippen molar-refractivity contribution in [2.24, 2.45) is 0 Å². The zero-order valence-electron chi connectivity index (χ0n) is 11.1. The van der Waals surface area contributed by atoms with Crippen LogP contribution in [0, 0.1) is 0 Å². The van der Waals surface area contributed by atoms with Crippen molar-refractivity contribution < 1.29 is 9.90 Å². The van der Waals surface area contributed by atoms with Crippen LogP contribution in [0.4, 0.5) is 0 Å². The Morgan fingerprint density at radius 3 is 3.00 bits per heavy atom. The highest BCUT2D eigenvalue weighted by Gasteiger charge is 2.41. The van der Waals surface area contributed by atoms with E-state index < -0.39 is 11.5 Å². The average molecular weight is 251 g/mol. The normalized spacial score (nSPS) is 25.2. The quantitative estimate of drug-likeness (QED) is 0.885. The summed E-state index contributed by atoms with van der Waals surface area (Å²) in [6.07, 6.45) is 6.49. The summed E-state index contributed by atoms with van der Waals surface area (Å²) in [5.74, 6) is 0.226. The number of rotatable bonds is 4. The Kier molecular flexibility index (Phi) is 3.71. The summed E-state index contributed by atoms with van der Waals surface area (Å²) in [6.45, 7) is 6.21. The molecule has 2 rings (SSSR count). The molecular weight excluding hydrogens is 230 g/mol. The molecule has 100 valence electrons. The second kappa shape index (κ2) is 5.10. The van der Waals surface area contributed by atoms with Crippen LogP contribution >= 0.6 is 0 Å². The van der Waals surface area contributed by atoms with E-state index in [0.29, 0.717) is 6.54 Å². The monoisotopic (exact) mass is 251 g/mol. The van der Waals surface area contributed by atoms with Crippen molar-refractivity contribution in [3.05, 3.63) is 18.2 Å². The first kappa shape index (κ1) is 13.1. The van der Waals surface area contributed by atoms with E-state index in [1.165, 1.54) is 0 Å². The summed E-state index contributed by atoms with van der Waals surface area (Å²) in [5.41, 5.74) is -0.747. The summed E-state index contributed by atoms with van der Waals surface area (Å²) < 4.78 is 2.07. The Morgan fingerprint density at radius 1 is 1.56 bits per heavy atom. The van der Waals surface area contributed by atoms with Crippen LogP contribution < -0.4 is 0 Å². The minimum absolute atomic E-state index is 0.615. The highest BCUT2D eigenvalue weighted by Crippen LogP contribution is 2.29. The van der Waals surface area contributed by atoms with Gasteiger partial charge in [0.1, 0.15) is 11.4 Å². The van der Waals surface area contributed by atoms with Gasteiger partial charge in [-0.05, 0) is 39.7 Å². The molecule has 5 heteroatoms. The summed E-state index contributed by atoms with van der Waals surface area (Å²) in [4.78, 5) is 17.9. The molecular formula is C13H21N3O2. The molecule has 5 nitrogen and oxygen atoms in total. The second-order valence-electron chi connectivity index (χ2n) is 5.09. The molecule has 0 bridgehead atoms. The van der Waals surface area contributed by atoms with E-state index in [1.54, 1.807) is 6.20 Å². The molecule has 0 amide bonds. The highest BCUT2D eigenvalue weighted by atomic mass is 16.4. The van der Waals surface area contributed by atoms with Gasteiger partial charge in [0.2, 0.25) is 0 Å². The van der Waals surface area contributed by atoms with E-state index in [-0.39, 0.29) is 0 Å². The third-order valence-corrected chi connectivity index (χ3v) is 3.97. The van der Waals surface area contributed by atoms with Gasteiger partial charge in [0, 0.05) is 18.9 Å². The number of aliphatic carboxylic acids is 1. The van der Waals surface area contributed by atoms with Crippen molar-refractivity contribution >= 4 is 5.97 Å². The molecule has 1 aliphatic heterocycles. The molecule has 0 aliphatic carbocycles. The van der Waals surface area contributed by atoms with Gasteiger partial charge in [0.15, 0.2) is 0 Å². The molecule has 2 heterocycles. The minimum atomic E-state index is -0.747. The van der Waals surface area contributed by atoms with Crippen LogP contribution in [-0.2, 0) is 17.9 Å². The number of nitrogens with zero attached hydrogens (tertiary/aromatic N) is 3. The predicted molar refractivity (Wildman–Crippen MR) is 68.2 cm³/mol. The van der Waals surface area contributed by atoms with Gasteiger partial charge in [0.05, 0.1) is 6.54 Å². The summed E-state index contributed by atoms with van der Waals surface area (Å²) in [7, 11) is 0. The Morgan fingerprint density at radius 2 is 2.33 bits per heavy atom. The number of carboxylic acids is 1. The molecule has 1 fully saturated rings. The van der Waals surface area contributed by atoms with Gasteiger partial charge in [-0.15, -0.1) is 0 Å². The predicted octanol–water partition coefficient (Wildman–Crippen LogP) is 1.73. The smallest absolute Gasteiger partial charge is 0.323 e. The number of hydrogen-bond donors (Lipinski definition) is 1. The first-order valence-electron chi connectivity index (χ1n) is 6.56. The Bertz CT molecular complexity index is 430. The van der Waals surface area contributed by atoms with Gasteiger partial charge in [-0.3, -0.25) is 9.69 Å². The third-order valence-electron chi connectivity index (χ3n) is 3.97. The molecule has 1 atom stereocenters.